The summed E-state index contributed by atoms with van der Waals surface area (Å²) >= 11 is 0. The molecule has 2 aromatic heterocycles. The molecule has 2 aromatic rings. The largest absolute Gasteiger partial charge is 0.349 e. The second kappa shape index (κ2) is 6.96. The highest BCUT2D eigenvalue weighted by Crippen LogP contribution is 2.36. The molecule has 0 bridgehead atoms. The van der Waals surface area contributed by atoms with Crippen LogP contribution < -0.4 is 5.32 Å². The zero-order valence-corrected chi connectivity index (χ0v) is 15.5. The van der Waals surface area contributed by atoms with E-state index in [2.05, 4.69) is 15.4 Å². The summed E-state index contributed by atoms with van der Waals surface area (Å²) in [6.45, 7) is 2.91. The summed E-state index contributed by atoms with van der Waals surface area (Å²) in [4.78, 5) is 16.9. The molecular formula is C19H26N4O3. The summed E-state index contributed by atoms with van der Waals surface area (Å²) in [7, 11) is 1.85. The van der Waals surface area contributed by atoms with Gasteiger partial charge in [0.25, 0.3) is 5.91 Å². The summed E-state index contributed by atoms with van der Waals surface area (Å²) in [6, 6.07) is 1.85. The average Bonchev–Trinajstić information content (AvgIpc) is 3.06. The minimum absolute atomic E-state index is 0.0890. The first kappa shape index (κ1) is 17.4. The molecule has 1 N–H and O–H groups in total. The fourth-order valence-corrected chi connectivity index (χ4v) is 3.99. The van der Waals surface area contributed by atoms with Gasteiger partial charge in [0, 0.05) is 38.0 Å². The molecule has 3 heterocycles. The Morgan fingerprint density at radius 2 is 2.12 bits per heavy atom. The third-order valence-corrected chi connectivity index (χ3v) is 5.39. The Hall–Kier alpha value is -1.99. The van der Waals surface area contributed by atoms with Gasteiger partial charge in [0.1, 0.15) is 6.10 Å². The molecule has 26 heavy (non-hydrogen) atoms. The first-order valence-corrected chi connectivity index (χ1v) is 9.46. The van der Waals surface area contributed by atoms with Crippen molar-refractivity contribution in [3.8, 4) is 0 Å². The number of hydrogen-bond acceptors (Lipinski definition) is 5. The molecule has 1 spiro atoms. The lowest BCUT2D eigenvalue weighted by atomic mass is 10.1. The maximum atomic E-state index is 12.5. The summed E-state index contributed by atoms with van der Waals surface area (Å²) in [6.07, 6.45) is 8.21. The average molecular weight is 358 g/mol. The molecule has 0 radical (unpaired) electrons. The van der Waals surface area contributed by atoms with Gasteiger partial charge in [-0.15, -0.1) is 0 Å². The van der Waals surface area contributed by atoms with E-state index in [0.717, 1.165) is 42.4 Å². The number of pyridine rings is 1. The summed E-state index contributed by atoms with van der Waals surface area (Å²) < 4.78 is 13.9. The van der Waals surface area contributed by atoms with E-state index in [-0.39, 0.29) is 12.0 Å². The van der Waals surface area contributed by atoms with Crippen LogP contribution in [0.1, 0.15) is 54.6 Å². The minimum atomic E-state index is -0.417. The second-order valence-electron chi connectivity index (χ2n) is 7.39. The number of nitrogens with one attached hydrogen (secondary N) is 1. The predicted octanol–water partition coefficient (Wildman–Crippen LogP) is 2.47. The van der Waals surface area contributed by atoms with Crippen LogP contribution in [0.4, 0.5) is 0 Å². The zero-order chi connectivity index (χ0) is 18.1. The Bertz CT molecular complexity index is 808. The summed E-state index contributed by atoms with van der Waals surface area (Å²) in [5.74, 6) is -0.563. The van der Waals surface area contributed by atoms with Crippen molar-refractivity contribution in [3.63, 3.8) is 0 Å². The molecule has 2 aliphatic rings. The smallest absolute Gasteiger partial charge is 0.252 e. The van der Waals surface area contributed by atoms with E-state index < -0.39 is 5.79 Å². The number of aromatic nitrogens is 3. The lowest BCUT2D eigenvalue weighted by molar-refractivity contribution is -0.175. The molecular weight excluding hydrogens is 332 g/mol. The standard InChI is InChI=1S/C19H26N4O3/c1-13-16-9-14(10-20-17(16)23(2)22-13)18(24)21-11-15-12-25-19(26-15)7-5-3-4-6-8-19/h9-10,15H,3-8,11-12H2,1-2H3,(H,21,24)/t15-/m0/s1. The van der Waals surface area contributed by atoms with E-state index in [0.29, 0.717) is 18.7 Å². The Labute approximate surface area is 153 Å². The van der Waals surface area contributed by atoms with Crippen LogP contribution in [0.5, 0.6) is 0 Å². The Balaban J connectivity index is 1.38. The second-order valence-corrected chi connectivity index (χ2v) is 7.39. The molecule has 140 valence electrons. The van der Waals surface area contributed by atoms with Gasteiger partial charge in [0.2, 0.25) is 0 Å². The SMILES string of the molecule is Cc1nn(C)c2ncc(C(=O)NC[C@H]3COC4(CCCCCC4)O3)cc12. The Morgan fingerprint density at radius 1 is 1.35 bits per heavy atom. The van der Waals surface area contributed by atoms with Crippen molar-refractivity contribution in [3.05, 3.63) is 23.5 Å². The minimum Gasteiger partial charge on any atom is -0.349 e. The fourth-order valence-electron chi connectivity index (χ4n) is 3.99. The van der Waals surface area contributed by atoms with Crippen molar-refractivity contribution in [1.82, 2.24) is 20.1 Å². The number of aryl methyl sites for hydroxylation is 2. The van der Waals surface area contributed by atoms with Gasteiger partial charge in [0.05, 0.1) is 17.9 Å². The lowest BCUT2D eigenvalue weighted by Gasteiger charge is -2.26. The number of ether oxygens (including phenoxy) is 2. The molecule has 1 aliphatic carbocycles. The van der Waals surface area contributed by atoms with Crippen LogP contribution >= 0.6 is 0 Å². The zero-order valence-electron chi connectivity index (χ0n) is 15.5. The van der Waals surface area contributed by atoms with Crippen molar-refractivity contribution in [1.29, 1.82) is 0 Å². The van der Waals surface area contributed by atoms with Crippen molar-refractivity contribution in [2.24, 2.45) is 7.05 Å². The fraction of sp³-hybridized carbons (Fsp3) is 0.632. The third-order valence-electron chi connectivity index (χ3n) is 5.39. The first-order valence-electron chi connectivity index (χ1n) is 9.46. The van der Waals surface area contributed by atoms with Gasteiger partial charge in [-0.05, 0) is 25.8 Å². The highest BCUT2D eigenvalue weighted by atomic mass is 16.7. The predicted molar refractivity (Wildman–Crippen MR) is 96.8 cm³/mol. The van der Waals surface area contributed by atoms with Crippen LogP contribution in [-0.2, 0) is 16.5 Å². The maximum Gasteiger partial charge on any atom is 0.252 e. The number of carbonyl (C=O) groups excluding carboxylic acids is 1. The van der Waals surface area contributed by atoms with E-state index in [9.17, 15) is 4.79 Å². The highest BCUT2D eigenvalue weighted by molar-refractivity contribution is 5.97. The summed E-state index contributed by atoms with van der Waals surface area (Å²) in [5.41, 5.74) is 2.19. The van der Waals surface area contributed by atoms with Crippen molar-refractivity contribution in [2.75, 3.05) is 13.2 Å². The van der Waals surface area contributed by atoms with Crippen LogP contribution in [0.3, 0.4) is 0 Å². The third kappa shape index (κ3) is 3.33. The molecule has 1 saturated heterocycles. The molecule has 1 saturated carbocycles. The van der Waals surface area contributed by atoms with E-state index in [1.165, 1.54) is 12.8 Å². The number of carbonyl (C=O) groups is 1. The maximum absolute atomic E-state index is 12.5. The Morgan fingerprint density at radius 3 is 2.88 bits per heavy atom. The number of fused-ring (bicyclic) bond motifs is 1. The topological polar surface area (TPSA) is 78.3 Å². The van der Waals surface area contributed by atoms with Crippen LogP contribution in [0.15, 0.2) is 12.3 Å². The van der Waals surface area contributed by atoms with Crippen LogP contribution in [0, 0.1) is 6.92 Å². The molecule has 4 rings (SSSR count). The van der Waals surface area contributed by atoms with E-state index >= 15 is 0 Å². The number of rotatable bonds is 3. The van der Waals surface area contributed by atoms with Crippen molar-refractivity contribution < 1.29 is 14.3 Å². The number of hydrogen-bond donors (Lipinski definition) is 1. The summed E-state index contributed by atoms with van der Waals surface area (Å²) in [5, 5.41) is 8.20. The molecule has 7 nitrogen and oxygen atoms in total. The van der Waals surface area contributed by atoms with Gasteiger partial charge in [0.15, 0.2) is 11.4 Å². The van der Waals surface area contributed by atoms with Gasteiger partial charge >= 0.3 is 0 Å². The molecule has 2 fully saturated rings. The van der Waals surface area contributed by atoms with Gasteiger partial charge in [-0.2, -0.15) is 5.10 Å². The molecule has 1 amide bonds. The Kier molecular flexibility index (Phi) is 4.67. The van der Waals surface area contributed by atoms with Crippen molar-refractivity contribution in [2.45, 2.75) is 57.3 Å². The van der Waals surface area contributed by atoms with Gasteiger partial charge < -0.3 is 14.8 Å². The van der Waals surface area contributed by atoms with Crippen LogP contribution in [0.25, 0.3) is 11.0 Å². The normalized spacial score (nSPS) is 22.6. The lowest BCUT2D eigenvalue weighted by Crippen LogP contribution is -2.36. The quantitative estimate of drug-likeness (QED) is 0.912. The monoisotopic (exact) mass is 358 g/mol. The van der Waals surface area contributed by atoms with E-state index in [1.807, 2.05) is 20.0 Å². The van der Waals surface area contributed by atoms with Crippen LogP contribution in [-0.4, -0.2) is 45.7 Å². The number of amides is 1. The molecule has 0 aromatic carbocycles. The van der Waals surface area contributed by atoms with Gasteiger partial charge in [-0.25, -0.2) is 4.98 Å². The molecule has 1 aliphatic heterocycles. The van der Waals surface area contributed by atoms with E-state index in [1.54, 1.807) is 10.9 Å². The molecule has 0 unspecified atom stereocenters. The first-order chi connectivity index (χ1) is 12.6. The van der Waals surface area contributed by atoms with Gasteiger partial charge in [-0.1, -0.05) is 12.8 Å². The number of nitrogens with zero attached hydrogens (tertiary/aromatic N) is 3. The van der Waals surface area contributed by atoms with E-state index in [4.69, 9.17) is 9.47 Å². The molecule has 7 heteroatoms. The highest BCUT2D eigenvalue weighted by Gasteiger charge is 2.41. The van der Waals surface area contributed by atoms with Gasteiger partial charge in [-0.3, -0.25) is 9.48 Å². The molecule has 1 atom stereocenters. The van der Waals surface area contributed by atoms with Crippen molar-refractivity contribution >= 4 is 16.9 Å². The van der Waals surface area contributed by atoms with Crippen LogP contribution in [0.2, 0.25) is 0 Å².